The Kier molecular flexibility index (Phi) is 3.03. The van der Waals surface area contributed by atoms with Crippen LogP contribution in [0, 0.1) is 11.3 Å². The third-order valence-electron chi connectivity index (χ3n) is 2.59. The van der Waals surface area contributed by atoms with Crippen LogP contribution in [-0.2, 0) is 6.54 Å². The summed E-state index contributed by atoms with van der Waals surface area (Å²) in [7, 11) is 0. The highest BCUT2D eigenvalue weighted by molar-refractivity contribution is 9.11. The minimum Gasteiger partial charge on any atom is -0.296 e. The third kappa shape index (κ3) is 2.24. The number of hydrogen-bond acceptors (Lipinski definition) is 3. The molecule has 0 bridgehead atoms. The summed E-state index contributed by atoms with van der Waals surface area (Å²) in [6.45, 7) is 3.69. The zero-order chi connectivity index (χ0) is 12.6. The molecule has 1 aromatic heterocycles. The summed E-state index contributed by atoms with van der Waals surface area (Å²) in [5, 5.41) is 8.88. The van der Waals surface area contributed by atoms with Gasteiger partial charge in [0.25, 0.3) is 5.56 Å². The van der Waals surface area contributed by atoms with Gasteiger partial charge in [0.1, 0.15) is 11.6 Å². The molecule has 0 aliphatic heterocycles. The molecule has 0 saturated heterocycles. The summed E-state index contributed by atoms with van der Waals surface area (Å²) >= 11 is 3.12. The van der Waals surface area contributed by atoms with Gasteiger partial charge in [-0.15, -0.1) is 0 Å². The van der Waals surface area contributed by atoms with Crippen LogP contribution >= 0.6 is 15.9 Å². The molecule has 17 heavy (non-hydrogen) atoms. The lowest BCUT2D eigenvalue weighted by Gasteiger charge is -2.09. The maximum atomic E-state index is 12.0. The van der Waals surface area contributed by atoms with E-state index in [2.05, 4.69) is 22.5 Å². The van der Waals surface area contributed by atoms with E-state index in [0.717, 1.165) is 17.4 Å². The van der Waals surface area contributed by atoms with Gasteiger partial charge in [-0.05, 0) is 12.8 Å². The largest absolute Gasteiger partial charge is 0.331 e. The van der Waals surface area contributed by atoms with Gasteiger partial charge in [0.2, 0.25) is 0 Å². The quantitative estimate of drug-likeness (QED) is 0.839. The van der Waals surface area contributed by atoms with Crippen molar-refractivity contribution in [1.29, 1.82) is 5.26 Å². The van der Waals surface area contributed by atoms with Crippen molar-refractivity contribution >= 4 is 15.9 Å². The van der Waals surface area contributed by atoms with E-state index in [0.29, 0.717) is 4.48 Å². The minimum atomic E-state index is -0.560. The fraction of sp³-hybridized carbons (Fsp3) is 0.364. The van der Waals surface area contributed by atoms with E-state index in [4.69, 9.17) is 5.26 Å². The lowest BCUT2D eigenvalue weighted by atomic mass is 10.3. The fourth-order valence-corrected chi connectivity index (χ4v) is 1.87. The molecule has 1 heterocycles. The molecule has 6 heteroatoms. The first-order valence-corrected chi connectivity index (χ1v) is 5.93. The van der Waals surface area contributed by atoms with Crippen LogP contribution in [0.5, 0.6) is 0 Å². The van der Waals surface area contributed by atoms with Crippen LogP contribution in [0.25, 0.3) is 0 Å². The van der Waals surface area contributed by atoms with Crippen molar-refractivity contribution in [1.82, 2.24) is 9.13 Å². The summed E-state index contributed by atoms with van der Waals surface area (Å²) in [6, 6.07) is 1.95. The number of nitrogens with zero attached hydrogens (tertiary/aromatic N) is 3. The summed E-state index contributed by atoms with van der Waals surface area (Å²) in [5.41, 5.74) is -0.947. The Labute approximate surface area is 106 Å². The molecule has 1 fully saturated rings. The first kappa shape index (κ1) is 11.9. The van der Waals surface area contributed by atoms with Crippen LogP contribution in [-0.4, -0.2) is 9.13 Å². The van der Waals surface area contributed by atoms with Crippen LogP contribution in [0.15, 0.2) is 26.8 Å². The molecule has 0 atom stereocenters. The first-order chi connectivity index (χ1) is 8.04. The fourth-order valence-electron chi connectivity index (χ4n) is 1.62. The number of hydrogen-bond donors (Lipinski definition) is 0. The van der Waals surface area contributed by atoms with Gasteiger partial charge >= 0.3 is 5.69 Å². The topological polar surface area (TPSA) is 67.8 Å². The van der Waals surface area contributed by atoms with Crippen LogP contribution in [0.4, 0.5) is 0 Å². The number of aromatic nitrogens is 2. The van der Waals surface area contributed by atoms with E-state index in [-0.39, 0.29) is 23.8 Å². The van der Waals surface area contributed by atoms with Crippen molar-refractivity contribution in [3.63, 3.8) is 0 Å². The predicted octanol–water partition coefficient (Wildman–Crippen LogP) is 1.13. The highest BCUT2D eigenvalue weighted by atomic mass is 79.9. The van der Waals surface area contributed by atoms with Crippen LogP contribution in [0.2, 0.25) is 0 Å². The van der Waals surface area contributed by atoms with E-state index in [1.807, 2.05) is 6.07 Å². The maximum Gasteiger partial charge on any atom is 0.331 e. The van der Waals surface area contributed by atoms with Crippen molar-refractivity contribution in [3.05, 3.63) is 43.7 Å². The van der Waals surface area contributed by atoms with Gasteiger partial charge in [-0.25, -0.2) is 4.79 Å². The van der Waals surface area contributed by atoms with E-state index < -0.39 is 5.56 Å². The molecule has 1 saturated carbocycles. The van der Waals surface area contributed by atoms with E-state index in [9.17, 15) is 9.59 Å². The van der Waals surface area contributed by atoms with Gasteiger partial charge in [-0.3, -0.25) is 13.9 Å². The summed E-state index contributed by atoms with van der Waals surface area (Å²) < 4.78 is 3.03. The van der Waals surface area contributed by atoms with Crippen molar-refractivity contribution in [2.75, 3.05) is 0 Å². The minimum absolute atomic E-state index is 0.00903. The predicted molar refractivity (Wildman–Crippen MR) is 66.0 cm³/mol. The van der Waals surface area contributed by atoms with Gasteiger partial charge in [0.15, 0.2) is 0 Å². The van der Waals surface area contributed by atoms with Gasteiger partial charge in [-0.2, -0.15) is 5.26 Å². The molecule has 0 unspecified atom stereocenters. The van der Waals surface area contributed by atoms with Crippen molar-refractivity contribution in [2.45, 2.75) is 25.4 Å². The van der Waals surface area contributed by atoms with Gasteiger partial charge in [0, 0.05) is 16.7 Å². The molecule has 0 spiro atoms. The Morgan fingerprint density at radius 3 is 2.71 bits per heavy atom. The van der Waals surface area contributed by atoms with E-state index >= 15 is 0 Å². The molecule has 2 rings (SSSR count). The SMILES string of the molecule is C=C(Br)Cn1c(=O)c(C#N)cn(C2CC2)c1=O. The van der Waals surface area contributed by atoms with Crippen LogP contribution in [0.1, 0.15) is 24.4 Å². The second-order valence-corrected chi connectivity index (χ2v) is 5.11. The highest BCUT2D eigenvalue weighted by Crippen LogP contribution is 2.33. The average Bonchev–Trinajstić information content (AvgIpc) is 3.08. The van der Waals surface area contributed by atoms with Gasteiger partial charge in [0.05, 0.1) is 6.54 Å². The molecule has 0 aromatic carbocycles. The molecule has 1 aromatic rings. The second-order valence-electron chi connectivity index (χ2n) is 3.98. The third-order valence-corrected chi connectivity index (χ3v) is 2.84. The standard InChI is InChI=1S/C11H10BrN3O2/c1-7(12)5-15-10(16)8(4-13)6-14(11(15)17)9-2-3-9/h6,9H,1-3,5H2. The Balaban J connectivity index is 2.67. The zero-order valence-electron chi connectivity index (χ0n) is 9.02. The van der Waals surface area contributed by atoms with Crippen molar-refractivity contribution in [2.24, 2.45) is 0 Å². The molecule has 0 amide bonds. The monoisotopic (exact) mass is 295 g/mol. The molecular formula is C11H10BrN3O2. The lowest BCUT2D eigenvalue weighted by molar-refractivity contribution is 0.592. The van der Waals surface area contributed by atoms with E-state index in [1.54, 1.807) is 0 Å². The second kappa shape index (κ2) is 4.34. The maximum absolute atomic E-state index is 12.0. The Morgan fingerprint density at radius 2 is 2.24 bits per heavy atom. The molecule has 0 N–H and O–H groups in total. The number of allylic oxidation sites excluding steroid dienone is 1. The summed E-state index contributed by atoms with van der Waals surface area (Å²) in [4.78, 5) is 23.8. The molecule has 0 radical (unpaired) electrons. The van der Waals surface area contributed by atoms with Crippen LogP contribution < -0.4 is 11.2 Å². The summed E-state index contributed by atoms with van der Waals surface area (Å²) in [6.07, 6.45) is 3.19. The Morgan fingerprint density at radius 1 is 1.59 bits per heavy atom. The highest BCUT2D eigenvalue weighted by Gasteiger charge is 2.26. The number of halogens is 1. The van der Waals surface area contributed by atoms with Gasteiger partial charge in [-0.1, -0.05) is 22.5 Å². The van der Waals surface area contributed by atoms with Gasteiger partial charge < -0.3 is 0 Å². The molecule has 1 aliphatic rings. The normalized spacial score (nSPS) is 14.4. The molecular weight excluding hydrogens is 286 g/mol. The van der Waals surface area contributed by atoms with Crippen LogP contribution in [0.3, 0.4) is 0 Å². The smallest absolute Gasteiger partial charge is 0.296 e. The van der Waals surface area contributed by atoms with Crippen molar-refractivity contribution < 1.29 is 0 Å². The molecule has 1 aliphatic carbocycles. The average molecular weight is 296 g/mol. The van der Waals surface area contributed by atoms with Crippen molar-refractivity contribution in [3.8, 4) is 6.07 Å². The summed E-state index contributed by atoms with van der Waals surface area (Å²) in [5.74, 6) is 0. The number of nitriles is 1. The Bertz CT molecular complexity index is 632. The lowest BCUT2D eigenvalue weighted by Crippen LogP contribution is -2.40. The van der Waals surface area contributed by atoms with E-state index in [1.165, 1.54) is 10.8 Å². The first-order valence-electron chi connectivity index (χ1n) is 5.14. The zero-order valence-corrected chi connectivity index (χ0v) is 10.6. The molecule has 5 nitrogen and oxygen atoms in total. The molecule has 88 valence electrons. The Hall–Kier alpha value is -1.61. The number of rotatable bonds is 3.